The molecule has 3 heterocycles. The van der Waals surface area contributed by atoms with Crippen LogP contribution in [0.1, 0.15) is 52.7 Å². The zero-order chi connectivity index (χ0) is 22.5. The Balaban J connectivity index is 1.19. The number of amides is 1. The molecule has 2 aromatic carbocycles. The first-order valence-corrected chi connectivity index (χ1v) is 11.8. The molecule has 0 saturated heterocycles. The zero-order valence-corrected chi connectivity index (χ0v) is 18.4. The highest BCUT2D eigenvalue weighted by Gasteiger charge is 2.36. The normalized spacial score (nSPS) is 19.8. The summed E-state index contributed by atoms with van der Waals surface area (Å²) in [5.41, 5.74) is 4.19. The maximum absolute atomic E-state index is 14.0. The van der Waals surface area contributed by atoms with Gasteiger partial charge in [-0.15, -0.1) is 0 Å². The maximum atomic E-state index is 14.0. The van der Waals surface area contributed by atoms with Gasteiger partial charge >= 0.3 is 0 Å². The van der Waals surface area contributed by atoms with E-state index in [9.17, 15) is 13.6 Å². The van der Waals surface area contributed by atoms with E-state index in [0.29, 0.717) is 30.1 Å². The maximum Gasteiger partial charge on any atom is 0.252 e. The topological polar surface area (TPSA) is 57.4 Å². The first kappa shape index (κ1) is 20.7. The van der Waals surface area contributed by atoms with Gasteiger partial charge in [0.05, 0.1) is 11.1 Å². The van der Waals surface area contributed by atoms with Crippen molar-refractivity contribution in [3.63, 3.8) is 0 Å². The third-order valence-electron chi connectivity index (χ3n) is 7.56. The van der Waals surface area contributed by atoms with Crippen molar-refractivity contribution >= 4 is 16.8 Å². The third-order valence-corrected chi connectivity index (χ3v) is 7.56. The van der Waals surface area contributed by atoms with Gasteiger partial charge in [0.25, 0.3) is 5.91 Å². The second-order valence-corrected chi connectivity index (χ2v) is 9.48. The van der Waals surface area contributed by atoms with Crippen LogP contribution in [0.15, 0.2) is 30.5 Å². The molecule has 1 aliphatic carbocycles. The molecule has 0 spiro atoms. The lowest BCUT2D eigenvalue weighted by Crippen LogP contribution is -2.51. The average molecular weight is 452 g/mol. The van der Waals surface area contributed by atoms with Crippen LogP contribution >= 0.6 is 0 Å². The van der Waals surface area contributed by atoms with Crippen molar-refractivity contribution in [3.05, 3.63) is 64.4 Å². The summed E-state index contributed by atoms with van der Waals surface area (Å²) in [6.45, 7) is 2.09. The number of hydrogen-bond acceptors (Lipinski definition) is 3. The smallest absolute Gasteiger partial charge is 0.252 e. The van der Waals surface area contributed by atoms with E-state index in [-0.39, 0.29) is 11.9 Å². The van der Waals surface area contributed by atoms with Crippen molar-refractivity contribution in [1.82, 2.24) is 15.2 Å². The van der Waals surface area contributed by atoms with E-state index >= 15 is 0 Å². The van der Waals surface area contributed by atoms with Gasteiger partial charge in [0.2, 0.25) is 0 Å². The largest absolute Gasteiger partial charge is 0.492 e. The number of fused-ring (bicyclic) bond motifs is 4. The standard InChI is InChI=1S/C26H27F2N3O2/c27-17-9-20-15(12-29-25(20)22(28)10-17)3-2-8-31(18-4-1-5-18)19-11-21-23(33-14-19)7-6-16-13-30-26(32)24(16)21/h6-7,9-10,12,18-19,29H,1-5,8,11,13-14H2,(H,30,32). The van der Waals surface area contributed by atoms with Gasteiger partial charge in [-0.2, -0.15) is 0 Å². The molecule has 1 aromatic heterocycles. The van der Waals surface area contributed by atoms with E-state index in [0.717, 1.165) is 59.9 Å². The van der Waals surface area contributed by atoms with Gasteiger partial charge in [0.1, 0.15) is 24.0 Å². The van der Waals surface area contributed by atoms with Crippen LogP contribution in [-0.4, -0.2) is 41.0 Å². The second kappa shape index (κ2) is 8.13. The Bertz CT molecular complexity index is 1230. The minimum absolute atomic E-state index is 0.0000875. The molecular weight excluding hydrogens is 424 g/mol. The van der Waals surface area contributed by atoms with Gasteiger partial charge in [-0.1, -0.05) is 12.5 Å². The molecule has 0 radical (unpaired) electrons. The predicted molar refractivity (Wildman–Crippen MR) is 121 cm³/mol. The Morgan fingerprint density at radius 2 is 2.03 bits per heavy atom. The van der Waals surface area contributed by atoms with Gasteiger partial charge in [-0.3, -0.25) is 9.69 Å². The minimum Gasteiger partial charge on any atom is -0.492 e. The fourth-order valence-corrected chi connectivity index (χ4v) is 5.65. The number of H-pyrrole nitrogens is 1. The Hall–Kier alpha value is -2.93. The lowest BCUT2D eigenvalue weighted by atomic mass is 9.87. The number of benzene rings is 2. The van der Waals surface area contributed by atoms with E-state index in [1.165, 1.54) is 25.3 Å². The highest BCUT2D eigenvalue weighted by molar-refractivity contribution is 6.00. The Morgan fingerprint density at radius 1 is 1.15 bits per heavy atom. The summed E-state index contributed by atoms with van der Waals surface area (Å²) >= 11 is 0. The number of carbonyl (C=O) groups is 1. The summed E-state index contributed by atoms with van der Waals surface area (Å²) < 4.78 is 33.9. The summed E-state index contributed by atoms with van der Waals surface area (Å²) in [6.07, 6.45) is 7.84. The van der Waals surface area contributed by atoms with E-state index in [4.69, 9.17) is 4.74 Å². The summed E-state index contributed by atoms with van der Waals surface area (Å²) in [7, 11) is 0. The number of carbonyl (C=O) groups excluding carboxylic acids is 1. The van der Waals surface area contributed by atoms with Crippen molar-refractivity contribution in [1.29, 1.82) is 0 Å². The third kappa shape index (κ3) is 3.59. The lowest BCUT2D eigenvalue weighted by molar-refractivity contribution is 0.0435. The zero-order valence-electron chi connectivity index (χ0n) is 18.4. The van der Waals surface area contributed by atoms with Crippen LogP contribution in [0.3, 0.4) is 0 Å². The highest BCUT2D eigenvalue weighted by atomic mass is 19.1. The van der Waals surface area contributed by atoms with Crippen molar-refractivity contribution in [2.75, 3.05) is 13.2 Å². The molecular formula is C26H27F2N3O2. The molecule has 3 aliphatic rings. The number of halogens is 2. The Morgan fingerprint density at radius 3 is 2.85 bits per heavy atom. The van der Waals surface area contributed by atoms with Crippen molar-refractivity contribution in [2.45, 2.75) is 57.2 Å². The number of nitrogens with zero attached hydrogens (tertiary/aromatic N) is 1. The van der Waals surface area contributed by atoms with Gasteiger partial charge in [0.15, 0.2) is 0 Å². The van der Waals surface area contributed by atoms with Crippen molar-refractivity contribution in [3.8, 4) is 5.75 Å². The molecule has 172 valence electrons. The fourth-order valence-electron chi connectivity index (χ4n) is 5.65. The van der Waals surface area contributed by atoms with E-state index in [2.05, 4.69) is 15.2 Å². The van der Waals surface area contributed by atoms with Gasteiger partial charge < -0.3 is 15.0 Å². The predicted octanol–water partition coefficient (Wildman–Crippen LogP) is 4.48. The van der Waals surface area contributed by atoms with Crippen LogP contribution in [0.2, 0.25) is 0 Å². The minimum atomic E-state index is -0.554. The molecule has 6 rings (SSSR count). The van der Waals surface area contributed by atoms with Crippen LogP contribution in [0.25, 0.3) is 10.9 Å². The monoisotopic (exact) mass is 451 g/mol. The summed E-state index contributed by atoms with van der Waals surface area (Å²) in [4.78, 5) is 17.9. The van der Waals surface area contributed by atoms with Gasteiger partial charge in [-0.25, -0.2) is 8.78 Å². The quantitative estimate of drug-likeness (QED) is 0.581. The first-order valence-electron chi connectivity index (χ1n) is 11.8. The molecule has 1 fully saturated rings. The molecule has 2 aliphatic heterocycles. The summed E-state index contributed by atoms with van der Waals surface area (Å²) in [5.74, 6) is -0.271. The van der Waals surface area contributed by atoms with Crippen molar-refractivity contribution < 1.29 is 18.3 Å². The number of aromatic amines is 1. The van der Waals surface area contributed by atoms with Crippen LogP contribution < -0.4 is 10.1 Å². The summed E-state index contributed by atoms with van der Waals surface area (Å²) in [5, 5.41) is 3.56. The van der Waals surface area contributed by atoms with E-state index < -0.39 is 11.6 Å². The molecule has 2 N–H and O–H groups in total. The number of ether oxygens (including phenoxy) is 1. The molecule has 1 saturated carbocycles. The van der Waals surface area contributed by atoms with Gasteiger partial charge in [0, 0.05) is 41.8 Å². The first-order chi connectivity index (χ1) is 16.1. The van der Waals surface area contributed by atoms with Crippen LogP contribution in [0.4, 0.5) is 8.78 Å². The second-order valence-electron chi connectivity index (χ2n) is 9.48. The molecule has 1 unspecified atom stereocenters. The molecule has 7 heteroatoms. The molecule has 33 heavy (non-hydrogen) atoms. The van der Waals surface area contributed by atoms with Crippen molar-refractivity contribution in [2.24, 2.45) is 0 Å². The van der Waals surface area contributed by atoms with E-state index in [1.807, 2.05) is 12.1 Å². The number of aromatic nitrogens is 1. The average Bonchev–Trinajstić information content (AvgIpc) is 3.35. The summed E-state index contributed by atoms with van der Waals surface area (Å²) in [6, 6.07) is 7.06. The Labute approximate surface area is 191 Å². The molecule has 5 nitrogen and oxygen atoms in total. The van der Waals surface area contributed by atoms with E-state index in [1.54, 1.807) is 6.20 Å². The fraction of sp³-hybridized carbons (Fsp3) is 0.423. The number of nitrogens with one attached hydrogen (secondary N) is 2. The van der Waals surface area contributed by atoms with Crippen LogP contribution in [0.5, 0.6) is 5.75 Å². The number of rotatable bonds is 6. The SMILES string of the molecule is O=C1NCc2ccc3c(c21)CC(N(CCCc1c[nH]c2c(F)cc(F)cc12)C1CCC1)CO3. The molecule has 1 atom stereocenters. The lowest BCUT2D eigenvalue weighted by Gasteiger charge is -2.44. The number of hydrogen-bond donors (Lipinski definition) is 2. The van der Waals surface area contributed by atoms with Crippen LogP contribution in [-0.2, 0) is 19.4 Å². The molecule has 0 bridgehead atoms. The Kier molecular flexibility index (Phi) is 5.09. The highest BCUT2D eigenvalue weighted by Crippen LogP contribution is 2.36. The molecule has 3 aromatic rings. The number of aryl methyl sites for hydroxylation is 1. The van der Waals surface area contributed by atoms with Gasteiger partial charge in [-0.05, 0) is 61.9 Å². The molecule has 1 amide bonds. The van der Waals surface area contributed by atoms with Crippen LogP contribution in [0, 0.1) is 11.6 Å².